The Kier molecular flexibility index (Phi) is 6.63. The Morgan fingerprint density at radius 1 is 1.29 bits per heavy atom. The number of ketones is 1. The van der Waals surface area contributed by atoms with Crippen LogP contribution in [0.5, 0.6) is 0 Å². The van der Waals surface area contributed by atoms with E-state index in [0.29, 0.717) is 12.5 Å². The number of halogens is 4. The Morgan fingerprint density at radius 2 is 1.79 bits per heavy atom. The van der Waals surface area contributed by atoms with Gasteiger partial charge in [-0.15, -0.1) is 33.2 Å². The van der Waals surface area contributed by atoms with Crippen molar-refractivity contribution in [3.8, 4) is 0 Å². The van der Waals surface area contributed by atoms with Crippen LogP contribution in [-0.2, 0) is 4.79 Å². The van der Waals surface area contributed by atoms with Gasteiger partial charge in [-0.05, 0) is 26.3 Å². The molecule has 6 heteroatoms. The normalized spacial score (nSPS) is 13.0. The minimum atomic E-state index is -2.48. The van der Waals surface area contributed by atoms with E-state index in [0.717, 1.165) is 12.8 Å². The van der Waals surface area contributed by atoms with Crippen LogP contribution in [0.25, 0.3) is 0 Å². The molecule has 0 rings (SSSR count). The van der Waals surface area contributed by atoms with Crippen molar-refractivity contribution < 1.29 is 4.79 Å². The van der Waals surface area contributed by atoms with Gasteiger partial charge in [-0.25, -0.2) is 0 Å². The summed E-state index contributed by atoms with van der Waals surface area (Å²) < 4.78 is -0.426. The van der Waals surface area contributed by atoms with Crippen LogP contribution in [0, 0.1) is 0 Å². The van der Waals surface area contributed by atoms with E-state index in [1.54, 1.807) is 0 Å². The van der Waals surface area contributed by atoms with Crippen LogP contribution in [0.15, 0.2) is 0 Å². The van der Waals surface area contributed by atoms with Crippen molar-refractivity contribution in [3.63, 3.8) is 0 Å². The van der Waals surface area contributed by atoms with E-state index in [-0.39, 0.29) is 5.78 Å². The van der Waals surface area contributed by atoms with Crippen molar-refractivity contribution in [2.45, 2.75) is 43.5 Å². The number of Topliss-reactive ketones (excluding diaryl/α,β-unsaturated/α-hetero) is 1. The van der Waals surface area contributed by atoms with E-state index in [1.165, 1.54) is 0 Å². The smallest absolute Gasteiger partial charge is 0.298 e. The molecule has 0 saturated carbocycles. The second kappa shape index (κ2) is 6.09. The van der Waals surface area contributed by atoms with Crippen molar-refractivity contribution in [1.29, 1.82) is 0 Å². The maximum Gasteiger partial charge on any atom is 0.341 e. The fourth-order valence-electron chi connectivity index (χ4n) is 0.908. The molecule has 0 aliphatic carbocycles. The molecule has 0 spiro atoms. The third-order valence-electron chi connectivity index (χ3n) is 1.78. The summed E-state index contributed by atoms with van der Waals surface area (Å²) in [4.78, 5) is 11.5. The van der Waals surface area contributed by atoms with Crippen molar-refractivity contribution in [2.24, 2.45) is 0 Å². The number of carbonyl (C=O) groups excluding carboxylic acids is 1. The van der Waals surface area contributed by atoms with Crippen LogP contribution in [0.1, 0.15) is 33.1 Å². The third-order valence-corrected chi connectivity index (χ3v) is 4.84. The van der Waals surface area contributed by atoms with Gasteiger partial charge in [0.15, 0.2) is 0 Å². The molecule has 0 bridgehead atoms. The molecule has 0 saturated heterocycles. The maximum atomic E-state index is 11.5. The molecular formula is C8H14BrCl3OSi. The first-order chi connectivity index (χ1) is 6.13. The van der Waals surface area contributed by atoms with Crippen molar-refractivity contribution in [2.75, 3.05) is 0 Å². The number of hydrogen-bond acceptors (Lipinski definition) is 1. The first-order valence-corrected chi connectivity index (χ1v) is 10.5. The van der Waals surface area contributed by atoms with Crippen LogP contribution in [0.2, 0.25) is 6.04 Å². The second-order valence-corrected chi connectivity index (χ2v) is 15.0. The lowest BCUT2D eigenvalue weighted by molar-refractivity contribution is -0.120. The minimum absolute atomic E-state index is 0.198. The van der Waals surface area contributed by atoms with Gasteiger partial charge in [-0.2, -0.15) is 0 Å². The van der Waals surface area contributed by atoms with E-state index in [1.807, 2.05) is 13.8 Å². The van der Waals surface area contributed by atoms with Crippen molar-refractivity contribution in [3.05, 3.63) is 0 Å². The van der Waals surface area contributed by atoms with Gasteiger partial charge in [0.1, 0.15) is 5.78 Å². The lowest BCUT2D eigenvalue weighted by atomic mass is 10.0. The molecule has 0 atom stereocenters. The summed E-state index contributed by atoms with van der Waals surface area (Å²) in [6.45, 7) is 3.69. The predicted molar refractivity (Wildman–Crippen MR) is 70.0 cm³/mol. The summed E-state index contributed by atoms with van der Waals surface area (Å²) in [5.74, 6) is 0.198. The van der Waals surface area contributed by atoms with Gasteiger partial charge in [0, 0.05) is 6.42 Å². The van der Waals surface area contributed by atoms with Crippen LogP contribution >= 0.6 is 49.2 Å². The van der Waals surface area contributed by atoms with Gasteiger partial charge in [0.25, 0.3) is 0 Å². The largest absolute Gasteiger partial charge is 0.341 e. The highest BCUT2D eigenvalue weighted by Crippen LogP contribution is 2.28. The molecule has 0 aromatic heterocycles. The standard InChI is InChI=1S/C8H14BrCl3OSi/c1-8(2,9)7(13)5-3-4-6-14(10,11)12/h3-6H2,1-2H3. The molecular weight excluding hydrogens is 326 g/mol. The Morgan fingerprint density at radius 3 is 2.14 bits per heavy atom. The predicted octanol–water partition coefficient (Wildman–Crippen LogP) is 4.55. The van der Waals surface area contributed by atoms with E-state index >= 15 is 0 Å². The zero-order valence-electron chi connectivity index (χ0n) is 8.25. The highest BCUT2D eigenvalue weighted by molar-refractivity contribution is 9.10. The van der Waals surface area contributed by atoms with E-state index < -0.39 is 10.3 Å². The highest BCUT2D eigenvalue weighted by atomic mass is 79.9. The Labute approximate surface area is 109 Å². The van der Waals surface area contributed by atoms with Crippen molar-refractivity contribution in [1.82, 2.24) is 0 Å². The molecule has 0 fully saturated rings. The number of carbonyl (C=O) groups is 1. The molecule has 0 amide bonds. The highest BCUT2D eigenvalue weighted by Gasteiger charge is 2.25. The third kappa shape index (κ3) is 8.54. The van der Waals surface area contributed by atoms with Crippen LogP contribution in [-0.4, -0.2) is 16.1 Å². The molecule has 0 heterocycles. The van der Waals surface area contributed by atoms with E-state index in [4.69, 9.17) is 33.2 Å². The Bertz CT molecular complexity index is 198. The molecule has 0 unspecified atom stereocenters. The molecule has 84 valence electrons. The molecule has 0 N–H and O–H groups in total. The summed E-state index contributed by atoms with van der Waals surface area (Å²) in [6, 6.07) is -1.85. The summed E-state index contributed by atoms with van der Waals surface area (Å²) in [6.07, 6.45) is 2.17. The first kappa shape index (κ1) is 15.2. The summed E-state index contributed by atoms with van der Waals surface area (Å²) in [5, 5.41) is 0. The van der Waals surface area contributed by atoms with Crippen LogP contribution in [0.3, 0.4) is 0 Å². The molecule has 0 aromatic carbocycles. The van der Waals surface area contributed by atoms with Gasteiger partial charge in [0.05, 0.1) is 4.32 Å². The average Bonchev–Trinajstić information content (AvgIpc) is 1.93. The molecule has 0 aromatic rings. The quantitative estimate of drug-likeness (QED) is 0.300. The SMILES string of the molecule is CC(C)(Br)C(=O)CCCC[Si](Cl)(Cl)Cl. The second-order valence-electron chi connectivity index (χ2n) is 3.72. The number of unbranched alkanes of at least 4 members (excludes halogenated alkanes) is 1. The molecule has 0 radical (unpaired) electrons. The van der Waals surface area contributed by atoms with Crippen LogP contribution < -0.4 is 0 Å². The first-order valence-electron chi connectivity index (χ1n) is 4.42. The number of rotatable bonds is 6. The number of alkyl halides is 1. The lowest BCUT2D eigenvalue weighted by Gasteiger charge is -2.14. The summed E-state index contributed by atoms with van der Waals surface area (Å²) >= 11 is 20.5. The fraction of sp³-hybridized carbons (Fsp3) is 0.875. The topological polar surface area (TPSA) is 17.1 Å². The summed E-state index contributed by atoms with van der Waals surface area (Å²) in [7, 11) is 0. The number of hydrogen-bond donors (Lipinski definition) is 0. The van der Waals surface area contributed by atoms with E-state index in [2.05, 4.69) is 15.9 Å². The van der Waals surface area contributed by atoms with Crippen LogP contribution in [0.4, 0.5) is 0 Å². The molecule has 0 aliphatic heterocycles. The van der Waals surface area contributed by atoms with Crippen molar-refractivity contribution >= 4 is 61.0 Å². The Hall–Kier alpha value is 1.24. The van der Waals surface area contributed by atoms with Gasteiger partial charge in [-0.3, -0.25) is 4.79 Å². The van der Waals surface area contributed by atoms with E-state index in [9.17, 15) is 4.79 Å². The van der Waals surface area contributed by atoms with Gasteiger partial charge in [0.2, 0.25) is 0 Å². The molecule has 14 heavy (non-hydrogen) atoms. The zero-order valence-corrected chi connectivity index (χ0v) is 13.1. The van der Waals surface area contributed by atoms with Gasteiger partial charge < -0.3 is 0 Å². The average molecular weight is 341 g/mol. The molecule has 0 aliphatic rings. The zero-order chi connectivity index (χ0) is 11.4. The monoisotopic (exact) mass is 338 g/mol. The Balaban J connectivity index is 3.62. The fourth-order valence-corrected chi connectivity index (χ4v) is 2.96. The summed E-state index contributed by atoms with van der Waals surface area (Å²) in [5.41, 5.74) is 0. The van der Waals surface area contributed by atoms with Gasteiger partial charge in [-0.1, -0.05) is 22.4 Å². The van der Waals surface area contributed by atoms with Gasteiger partial charge >= 0.3 is 6.00 Å². The molecule has 1 nitrogen and oxygen atoms in total. The minimum Gasteiger partial charge on any atom is -0.298 e. The lowest BCUT2D eigenvalue weighted by Crippen LogP contribution is -2.23. The maximum absolute atomic E-state index is 11.5.